The molecule has 12 heteroatoms. The van der Waals surface area contributed by atoms with Crippen LogP contribution in [0.5, 0.6) is 0 Å². The number of hydrogen-bond donors (Lipinski definition) is 5. The number of carbonyl (C=O) groups excluding carboxylic acids is 1. The minimum Gasteiger partial charge on any atom is -0.387 e. The second-order valence-corrected chi connectivity index (χ2v) is 11.3. The standard InChI is InChI=1S/C25H35N7O4S/c1-25(2,3)15-6-8-16(9-7-15)31-24(35)27-10-4-5-11-37-12-17-19(33)20(34)23(36-17)32-14-30-18-21(26)28-13-29-22(18)32/h6-9,13-14,17,19-20,23,33-34H,4-5,10-12H2,1-3H3,(H2,26,28,29)(H2,27,31,35)/t17-,19-,20-,23?/m1/s1. The maximum Gasteiger partial charge on any atom is 0.319 e. The fourth-order valence-electron chi connectivity index (χ4n) is 4.11. The van der Waals surface area contributed by atoms with Gasteiger partial charge in [-0.2, -0.15) is 11.8 Å². The fourth-order valence-corrected chi connectivity index (χ4v) is 5.20. The fraction of sp³-hybridized carbons (Fsp3) is 0.520. The van der Waals surface area contributed by atoms with Gasteiger partial charge in [0.15, 0.2) is 17.7 Å². The van der Waals surface area contributed by atoms with Gasteiger partial charge in [-0.05, 0) is 41.7 Å². The normalized spacial score (nSPS) is 21.9. The largest absolute Gasteiger partial charge is 0.387 e. The molecule has 1 saturated heterocycles. The lowest BCUT2D eigenvalue weighted by atomic mass is 9.87. The van der Waals surface area contributed by atoms with Crippen LogP contribution in [-0.2, 0) is 10.2 Å². The van der Waals surface area contributed by atoms with Crippen LogP contribution in [0, 0.1) is 0 Å². The first-order chi connectivity index (χ1) is 17.6. The molecule has 2 amide bonds. The minimum absolute atomic E-state index is 0.0711. The lowest BCUT2D eigenvalue weighted by molar-refractivity contribution is -0.0289. The van der Waals surface area contributed by atoms with Crippen LogP contribution in [0.2, 0.25) is 0 Å². The van der Waals surface area contributed by atoms with Crippen molar-refractivity contribution in [1.29, 1.82) is 0 Å². The van der Waals surface area contributed by atoms with E-state index in [1.165, 1.54) is 18.2 Å². The molecule has 3 heterocycles. The van der Waals surface area contributed by atoms with Gasteiger partial charge >= 0.3 is 6.03 Å². The van der Waals surface area contributed by atoms with Gasteiger partial charge in [-0.3, -0.25) is 4.57 Å². The predicted molar refractivity (Wildman–Crippen MR) is 144 cm³/mol. The molecule has 1 aromatic carbocycles. The number of imidazole rings is 1. The summed E-state index contributed by atoms with van der Waals surface area (Å²) in [6.45, 7) is 7.02. The molecule has 0 radical (unpaired) electrons. The number of unbranched alkanes of at least 4 members (excludes halogenated alkanes) is 1. The summed E-state index contributed by atoms with van der Waals surface area (Å²) in [5, 5.41) is 26.8. The summed E-state index contributed by atoms with van der Waals surface area (Å²) >= 11 is 1.63. The third-order valence-electron chi connectivity index (χ3n) is 6.29. The number of nitrogen functional groups attached to an aromatic ring is 1. The molecule has 1 fully saturated rings. The van der Waals surface area contributed by atoms with Gasteiger partial charge in [-0.25, -0.2) is 19.7 Å². The summed E-state index contributed by atoms with van der Waals surface area (Å²) in [5.74, 6) is 1.60. The van der Waals surface area contributed by atoms with Crippen molar-refractivity contribution in [2.75, 3.05) is 29.1 Å². The average Bonchev–Trinajstić information content (AvgIpc) is 3.40. The first-order valence-electron chi connectivity index (χ1n) is 12.3. The van der Waals surface area contributed by atoms with Gasteiger partial charge in [-0.1, -0.05) is 32.9 Å². The molecule has 4 atom stereocenters. The monoisotopic (exact) mass is 529 g/mol. The van der Waals surface area contributed by atoms with Crippen LogP contribution in [0.4, 0.5) is 16.3 Å². The van der Waals surface area contributed by atoms with Gasteiger partial charge in [0.25, 0.3) is 0 Å². The van der Waals surface area contributed by atoms with Crippen molar-refractivity contribution < 1.29 is 19.7 Å². The number of aliphatic hydroxyl groups excluding tert-OH is 2. The molecule has 0 aliphatic carbocycles. The summed E-state index contributed by atoms with van der Waals surface area (Å²) in [6, 6.07) is 7.66. The highest BCUT2D eigenvalue weighted by Crippen LogP contribution is 2.33. The molecule has 200 valence electrons. The van der Waals surface area contributed by atoms with E-state index in [0.29, 0.717) is 23.5 Å². The zero-order valence-electron chi connectivity index (χ0n) is 21.3. The zero-order valence-corrected chi connectivity index (χ0v) is 22.1. The number of hydrogen-bond acceptors (Lipinski definition) is 9. The average molecular weight is 530 g/mol. The van der Waals surface area contributed by atoms with E-state index in [9.17, 15) is 15.0 Å². The molecule has 1 aliphatic heterocycles. The molecule has 3 aromatic rings. The summed E-state index contributed by atoms with van der Waals surface area (Å²) < 4.78 is 7.53. The Hall–Kier alpha value is -2.93. The highest BCUT2D eigenvalue weighted by molar-refractivity contribution is 7.99. The van der Waals surface area contributed by atoms with Crippen LogP contribution >= 0.6 is 11.8 Å². The zero-order chi connectivity index (χ0) is 26.6. The molecular weight excluding hydrogens is 494 g/mol. The molecule has 1 aliphatic rings. The molecule has 0 spiro atoms. The lowest BCUT2D eigenvalue weighted by Gasteiger charge is -2.19. The van der Waals surface area contributed by atoms with Crippen LogP contribution in [0.15, 0.2) is 36.9 Å². The highest BCUT2D eigenvalue weighted by Gasteiger charge is 2.44. The van der Waals surface area contributed by atoms with E-state index in [2.05, 4.69) is 46.4 Å². The van der Waals surface area contributed by atoms with Gasteiger partial charge in [-0.15, -0.1) is 0 Å². The summed E-state index contributed by atoms with van der Waals surface area (Å²) in [6.07, 6.45) is 1.03. The number of nitrogens with one attached hydrogen (secondary N) is 2. The summed E-state index contributed by atoms with van der Waals surface area (Å²) in [5.41, 5.74) is 8.74. The number of rotatable bonds is 9. The summed E-state index contributed by atoms with van der Waals surface area (Å²) in [4.78, 5) is 24.4. The van der Waals surface area contributed by atoms with Gasteiger partial charge in [0, 0.05) is 18.0 Å². The van der Waals surface area contributed by atoms with Gasteiger partial charge in [0.05, 0.1) is 12.4 Å². The van der Waals surface area contributed by atoms with Crippen molar-refractivity contribution in [2.24, 2.45) is 0 Å². The van der Waals surface area contributed by atoms with Crippen molar-refractivity contribution in [2.45, 2.75) is 63.6 Å². The molecule has 6 N–H and O–H groups in total. The minimum atomic E-state index is -1.12. The van der Waals surface area contributed by atoms with E-state index >= 15 is 0 Å². The van der Waals surface area contributed by atoms with Crippen molar-refractivity contribution in [3.8, 4) is 0 Å². The van der Waals surface area contributed by atoms with Crippen LogP contribution < -0.4 is 16.4 Å². The molecule has 1 unspecified atom stereocenters. The molecule has 37 heavy (non-hydrogen) atoms. The van der Waals surface area contributed by atoms with Gasteiger partial charge in [0.2, 0.25) is 0 Å². The Morgan fingerprint density at radius 3 is 2.62 bits per heavy atom. The molecule has 0 saturated carbocycles. The Kier molecular flexibility index (Phi) is 8.53. The number of aromatic nitrogens is 4. The van der Waals surface area contributed by atoms with E-state index in [1.807, 2.05) is 24.3 Å². The number of nitrogens with two attached hydrogens (primary N) is 1. The second-order valence-electron chi connectivity index (χ2n) is 10.1. The van der Waals surface area contributed by atoms with Gasteiger partial charge < -0.3 is 31.3 Å². The third kappa shape index (κ3) is 6.50. The molecule has 11 nitrogen and oxygen atoms in total. The van der Waals surface area contributed by atoms with Crippen molar-refractivity contribution in [1.82, 2.24) is 24.8 Å². The van der Waals surface area contributed by atoms with Crippen LogP contribution in [-0.4, -0.2) is 72.1 Å². The number of fused-ring (bicyclic) bond motifs is 1. The van der Waals surface area contributed by atoms with Crippen LogP contribution in [0.1, 0.15) is 45.4 Å². The van der Waals surface area contributed by atoms with E-state index in [-0.39, 0.29) is 17.3 Å². The van der Waals surface area contributed by atoms with E-state index in [1.54, 1.807) is 16.3 Å². The second kappa shape index (κ2) is 11.6. The van der Waals surface area contributed by atoms with Crippen LogP contribution in [0.25, 0.3) is 11.2 Å². The quantitative estimate of drug-likeness (QED) is 0.263. The molecular formula is C25H35N7O4S. The molecule has 4 rings (SSSR count). The maximum atomic E-state index is 12.1. The number of urea groups is 1. The van der Waals surface area contributed by atoms with Crippen molar-refractivity contribution >= 4 is 40.5 Å². The van der Waals surface area contributed by atoms with Crippen LogP contribution in [0.3, 0.4) is 0 Å². The van der Waals surface area contributed by atoms with Crippen molar-refractivity contribution in [3.05, 3.63) is 42.5 Å². The number of ether oxygens (including phenoxy) is 1. The Morgan fingerprint density at radius 2 is 1.89 bits per heavy atom. The van der Waals surface area contributed by atoms with Crippen molar-refractivity contribution in [3.63, 3.8) is 0 Å². The number of anilines is 2. The van der Waals surface area contributed by atoms with E-state index < -0.39 is 24.5 Å². The number of carbonyl (C=O) groups is 1. The highest BCUT2D eigenvalue weighted by atomic mass is 32.2. The number of thioether (sulfide) groups is 1. The maximum absolute atomic E-state index is 12.1. The van der Waals surface area contributed by atoms with E-state index in [0.717, 1.165) is 24.3 Å². The number of amides is 2. The SMILES string of the molecule is CC(C)(C)c1ccc(NC(=O)NCCCCSC[C@H]2OC(n3cnc4c(N)ncnc43)[C@H](O)[C@@H]2O)cc1. The Bertz CT molecular complexity index is 1200. The Balaban J connectivity index is 1.14. The first kappa shape index (κ1) is 27.1. The molecule has 0 bridgehead atoms. The summed E-state index contributed by atoms with van der Waals surface area (Å²) in [7, 11) is 0. The first-order valence-corrected chi connectivity index (χ1v) is 13.5. The molecule has 2 aromatic heterocycles. The topological polar surface area (TPSA) is 160 Å². The Morgan fingerprint density at radius 1 is 1.14 bits per heavy atom. The van der Waals surface area contributed by atoms with Gasteiger partial charge in [0.1, 0.15) is 24.1 Å². The third-order valence-corrected chi connectivity index (χ3v) is 7.43. The number of aliphatic hydroxyl groups is 2. The predicted octanol–water partition coefficient (Wildman–Crippen LogP) is 2.66. The van der Waals surface area contributed by atoms with E-state index in [4.69, 9.17) is 10.5 Å². The smallest absolute Gasteiger partial charge is 0.319 e. The Labute approximate surface area is 220 Å². The lowest BCUT2D eigenvalue weighted by Crippen LogP contribution is -2.32. The number of nitrogens with zero attached hydrogens (tertiary/aromatic N) is 4. The number of benzene rings is 1.